The van der Waals surface area contributed by atoms with Crippen LogP contribution >= 0.6 is 11.3 Å². The Labute approximate surface area is 259 Å². The monoisotopic (exact) mass is 633 g/mol. The molecule has 15 heteroatoms. The molecule has 3 aliphatic rings. The van der Waals surface area contributed by atoms with Crippen molar-refractivity contribution in [3.63, 3.8) is 0 Å². The van der Waals surface area contributed by atoms with Gasteiger partial charge in [0.15, 0.2) is 39.8 Å². The molecule has 6 atom stereocenters. The number of aliphatic hydroxyl groups is 1. The Balaban J connectivity index is 1.33. The number of carbonyl (C=O) groups excluding carboxylic acids is 5. The van der Waals surface area contributed by atoms with Gasteiger partial charge in [0.25, 0.3) is 5.69 Å². The summed E-state index contributed by atoms with van der Waals surface area (Å²) in [7, 11) is 3.05. The van der Waals surface area contributed by atoms with Gasteiger partial charge >= 0.3 is 0 Å². The number of Topliss-reactive ketones (excluding diaryl/α,β-unsaturated/α-hetero) is 4. The van der Waals surface area contributed by atoms with Crippen molar-refractivity contribution in [3.05, 3.63) is 63.0 Å². The fourth-order valence-electron chi connectivity index (χ4n) is 7.04. The highest BCUT2D eigenvalue weighted by Gasteiger charge is 2.69. The molecule has 1 heterocycles. The first-order valence-corrected chi connectivity index (χ1v) is 14.8. The standard InChI is InChI=1S/C30H27N5O9S/c1-34(2)22-16-10-14-8-13-6-7-17(32-29-33-18(11-45-29)12-4-3-5-15(9-12)35(43)44)23(36)19(13)24(37)20(14)26(39)30(16,42)27(40)21(25(22)38)28(31)41/h3-7,9,11,14,16,20-22,36,42H,8,10H2,1-2H3,(H2,31,41)(H,32,33)/t14-,16-,20?,21?,22-,30-/m0/s1. The number of nitrogens with zero attached hydrogens (tertiary/aromatic N) is 3. The van der Waals surface area contributed by atoms with Crippen LogP contribution in [0.1, 0.15) is 22.3 Å². The molecule has 1 amide bonds. The molecule has 6 rings (SSSR count). The predicted molar refractivity (Wildman–Crippen MR) is 159 cm³/mol. The number of phenols is 1. The number of hydrogen-bond acceptors (Lipinski definition) is 13. The Morgan fingerprint density at radius 1 is 1.18 bits per heavy atom. The van der Waals surface area contributed by atoms with Crippen molar-refractivity contribution in [2.45, 2.75) is 24.5 Å². The van der Waals surface area contributed by atoms with Gasteiger partial charge in [0.2, 0.25) is 5.91 Å². The summed E-state index contributed by atoms with van der Waals surface area (Å²) < 4.78 is 0. The molecule has 3 aromatic rings. The minimum atomic E-state index is -2.80. The molecule has 2 aromatic carbocycles. The highest BCUT2D eigenvalue weighted by molar-refractivity contribution is 7.14. The van der Waals surface area contributed by atoms with Crippen molar-refractivity contribution in [2.24, 2.45) is 29.4 Å². The zero-order chi connectivity index (χ0) is 32.5. The molecule has 2 saturated carbocycles. The van der Waals surface area contributed by atoms with E-state index in [4.69, 9.17) is 5.73 Å². The second-order valence-corrected chi connectivity index (χ2v) is 12.6. The number of thiazole rings is 1. The van der Waals surface area contributed by atoms with E-state index in [0.29, 0.717) is 22.0 Å². The van der Waals surface area contributed by atoms with E-state index in [2.05, 4.69) is 10.3 Å². The highest BCUT2D eigenvalue weighted by Crippen LogP contribution is 2.51. The molecule has 2 fully saturated rings. The van der Waals surface area contributed by atoms with Gasteiger partial charge in [-0.05, 0) is 44.5 Å². The third-order valence-corrected chi connectivity index (χ3v) is 9.79. The summed E-state index contributed by atoms with van der Waals surface area (Å²) in [4.78, 5) is 83.1. The summed E-state index contributed by atoms with van der Waals surface area (Å²) in [6, 6.07) is 7.93. The van der Waals surface area contributed by atoms with Crippen molar-refractivity contribution in [1.82, 2.24) is 9.88 Å². The largest absolute Gasteiger partial charge is 0.505 e. The van der Waals surface area contributed by atoms with Gasteiger partial charge in [0, 0.05) is 29.0 Å². The molecule has 0 radical (unpaired) electrons. The number of nitro groups is 1. The van der Waals surface area contributed by atoms with Crippen LogP contribution in [0.25, 0.3) is 11.3 Å². The maximum absolute atomic E-state index is 14.0. The van der Waals surface area contributed by atoms with Gasteiger partial charge in [0.05, 0.1) is 33.8 Å². The van der Waals surface area contributed by atoms with Crippen LogP contribution in [0, 0.1) is 33.8 Å². The zero-order valence-electron chi connectivity index (χ0n) is 23.9. The number of primary amides is 1. The van der Waals surface area contributed by atoms with Gasteiger partial charge in [-0.25, -0.2) is 4.98 Å². The first-order chi connectivity index (χ1) is 21.2. The Morgan fingerprint density at radius 3 is 2.58 bits per heavy atom. The van der Waals surface area contributed by atoms with Gasteiger partial charge in [-0.15, -0.1) is 11.3 Å². The molecule has 0 bridgehead atoms. The Bertz CT molecular complexity index is 1840. The molecule has 3 aliphatic carbocycles. The van der Waals surface area contributed by atoms with Gasteiger partial charge in [-0.3, -0.25) is 39.0 Å². The maximum Gasteiger partial charge on any atom is 0.270 e. The van der Waals surface area contributed by atoms with Gasteiger partial charge in [-0.2, -0.15) is 0 Å². The second kappa shape index (κ2) is 10.6. The van der Waals surface area contributed by atoms with Gasteiger partial charge in [-0.1, -0.05) is 18.2 Å². The number of aromatic hydroxyl groups is 1. The zero-order valence-corrected chi connectivity index (χ0v) is 24.7. The summed E-state index contributed by atoms with van der Waals surface area (Å²) in [5.74, 6) is -11.2. The fraction of sp³-hybridized carbons (Fsp3) is 0.333. The molecular formula is C30H27N5O9S. The molecular weight excluding hydrogens is 606 g/mol. The van der Waals surface area contributed by atoms with E-state index in [0.717, 1.165) is 11.3 Å². The van der Waals surface area contributed by atoms with Crippen LogP contribution in [-0.2, 0) is 25.6 Å². The molecule has 232 valence electrons. The van der Waals surface area contributed by atoms with Crippen LogP contribution in [0.3, 0.4) is 0 Å². The molecule has 0 aliphatic heterocycles. The Hall–Kier alpha value is -4.86. The van der Waals surface area contributed by atoms with Crippen LogP contribution in [0.4, 0.5) is 16.5 Å². The molecule has 0 saturated heterocycles. The van der Waals surface area contributed by atoms with Crippen molar-refractivity contribution >= 4 is 56.9 Å². The Kier molecular flexibility index (Phi) is 7.14. The van der Waals surface area contributed by atoms with E-state index in [1.165, 1.54) is 37.2 Å². The molecule has 1 aromatic heterocycles. The van der Waals surface area contributed by atoms with E-state index < -0.39 is 75.0 Å². The number of fused-ring (bicyclic) bond motifs is 3. The third kappa shape index (κ3) is 4.53. The lowest BCUT2D eigenvalue weighted by atomic mass is 9.52. The molecule has 5 N–H and O–H groups in total. The normalized spacial score (nSPS) is 27.5. The van der Waals surface area contributed by atoms with Crippen LogP contribution in [0.15, 0.2) is 41.8 Å². The van der Waals surface area contributed by atoms with Gasteiger partial charge in [0.1, 0.15) is 5.75 Å². The number of non-ortho nitro benzene ring substituents is 1. The number of hydrogen-bond donors (Lipinski definition) is 4. The molecule has 2 unspecified atom stereocenters. The lowest BCUT2D eigenvalue weighted by Crippen LogP contribution is -2.74. The number of aromatic nitrogens is 1. The fourth-order valence-corrected chi connectivity index (χ4v) is 7.77. The molecule has 14 nitrogen and oxygen atoms in total. The number of carbonyl (C=O) groups is 5. The van der Waals surface area contributed by atoms with Crippen LogP contribution in [-0.4, -0.2) is 79.8 Å². The number of nitrogens with one attached hydrogen (secondary N) is 1. The van der Waals surface area contributed by atoms with E-state index in [1.807, 2.05) is 0 Å². The lowest BCUT2D eigenvalue weighted by molar-refractivity contribution is -0.384. The van der Waals surface area contributed by atoms with E-state index in [-0.39, 0.29) is 29.8 Å². The third-order valence-electron chi connectivity index (χ3n) is 9.03. The topological polar surface area (TPSA) is 223 Å². The van der Waals surface area contributed by atoms with Crippen LogP contribution in [0.2, 0.25) is 0 Å². The van der Waals surface area contributed by atoms with Crippen molar-refractivity contribution in [1.29, 1.82) is 0 Å². The van der Waals surface area contributed by atoms with Crippen molar-refractivity contribution in [2.75, 3.05) is 19.4 Å². The molecule has 45 heavy (non-hydrogen) atoms. The van der Waals surface area contributed by atoms with Gasteiger partial charge < -0.3 is 21.3 Å². The number of phenolic OH excluding ortho intramolecular Hbond substituents is 1. The van der Waals surface area contributed by atoms with Crippen LogP contribution in [0.5, 0.6) is 5.75 Å². The first-order valence-electron chi connectivity index (χ1n) is 13.9. The minimum Gasteiger partial charge on any atom is -0.505 e. The van der Waals surface area contributed by atoms with Crippen molar-refractivity contribution in [3.8, 4) is 17.0 Å². The number of nitro benzene ring substituents is 1. The average molecular weight is 634 g/mol. The SMILES string of the molecule is CN(C)[C@@H]1C(=O)C(C(N)=O)C(=O)[C@@]2(O)C(=O)C3C(=O)c4c(ccc(Nc5nc(-c6cccc([N+](=O)[O-])c6)cs5)c4O)C[C@H]3C[C@@H]12. The number of ketones is 4. The van der Waals surface area contributed by atoms with E-state index >= 15 is 0 Å². The number of benzene rings is 2. The second-order valence-electron chi connectivity index (χ2n) is 11.8. The highest BCUT2D eigenvalue weighted by atomic mass is 32.1. The summed E-state index contributed by atoms with van der Waals surface area (Å²) >= 11 is 1.15. The first kappa shape index (κ1) is 30.2. The van der Waals surface area contributed by atoms with E-state index in [1.54, 1.807) is 23.6 Å². The smallest absolute Gasteiger partial charge is 0.270 e. The predicted octanol–water partition coefficient (Wildman–Crippen LogP) is 1.64. The number of likely N-dealkylation sites (N-methyl/N-ethyl adjacent to an activating group) is 1. The quantitative estimate of drug-likeness (QED) is 0.132. The molecule has 0 spiro atoms. The summed E-state index contributed by atoms with van der Waals surface area (Å²) in [5, 5.41) is 39.0. The number of nitrogens with two attached hydrogens (primary N) is 1. The maximum atomic E-state index is 14.0. The number of rotatable bonds is 6. The number of anilines is 2. The van der Waals surface area contributed by atoms with Crippen molar-refractivity contribution < 1.29 is 39.1 Å². The summed E-state index contributed by atoms with van der Waals surface area (Å²) in [6.45, 7) is 0. The van der Waals surface area contributed by atoms with E-state index in [9.17, 15) is 44.3 Å². The minimum absolute atomic E-state index is 0.0375. The summed E-state index contributed by atoms with van der Waals surface area (Å²) in [5.41, 5.74) is 3.80. The van der Waals surface area contributed by atoms with Crippen LogP contribution < -0.4 is 11.1 Å². The average Bonchev–Trinajstić information content (AvgIpc) is 3.45. The Morgan fingerprint density at radius 2 is 1.91 bits per heavy atom. The number of amides is 1. The summed E-state index contributed by atoms with van der Waals surface area (Å²) in [6.07, 6.45) is 0.109. The lowest BCUT2D eigenvalue weighted by Gasteiger charge is -2.52.